The molecule has 1 aromatic carbocycles. The minimum absolute atomic E-state index is 0.367. The van der Waals surface area contributed by atoms with Crippen molar-refractivity contribution in [1.29, 1.82) is 0 Å². The van der Waals surface area contributed by atoms with Gasteiger partial charge in [0.25, 0.3) is 0 Å². The van der Waals surface area contributed by atoms with E-state index in [1.165, 1.54) is 6.08 Å². The van der Waals surface area contributed by atoms with E-state index in [2.05, 4.69) is 0 Å². The number of ether oxygens (including phenoxy) is 1. The molecule has 0 bridgehead atoms. The van der Waals surface area contributed by atoms with Crippen LogP contribution in [0.3, 0.4) is 0 Å². The summed E-state index contributed by atoms with van der Waals surface area (Å²) in [5.41, 5.74) is 6.87. The van der Waals surface area contributed by atoms with E-state index in [1.807, 2.05) is 0 Å². The maximum Gasteiger partial charge on any atom is 0.330 e. The van der Waals surface area contributed by atoms with E-state index in [0.717, 1.165) is 5.56 Å². The monoisotopic (exact) mass is 225 g/mol. The van der Waals surface area contributed by atoms with Crippen molar-refractivity contribution in [1.82, 2.24) is 0 Å². The highest BCUT2D eigenvalue weighted by molar-refractivity contribution is 6.33. The van der Waals surface area contributed by atoms with Gasteiger partial charge in [-0.15, -0.1) is 0 Å². The predicted molar refractivity (Wildman–Crippen MR) is 61.5 cm³/mol. The van der Waals surface area contributed by atoms with Gasteiger partial charge in [0, 0.05) is 6.08 Å². The van der Waals surface area contributed by atoms with Crippen LogP contribution in [-0.2, 0) is 9.53 Å². The summed E-state index contributed by atoms with van der Waals surface area (Å²) in [5, 5.41) is 0.473. The van der Waals surface area contributed by atoms with Gasteiger partial charge in [0.05, 0.1) is 17.3 Å². The lowest BCUT2D eigenvalue weighted by Gasteiger charge is -1.99. The molecule has 80 valence electrons. The fourth-order valence-corrected chi connectivity index (χ4v) is 1.19. The molecule has 0 heterocycles. The summed E-state index contributed by atoms with van der Waals surface area (Å²) >= 11 is 5.82. The lowest BCUT2D eigenvalue weighted by molar-refractivity contribution is -0.137. The number of esters is 1. The number of carbonyl (C=O) groups is 1. The number of carbonyl (C=O) groups excluding carboxylic acids is 1. The number of nitrogen functional groups attached to an aromatic ring is 1. The van der Waals surface area contributed by atoms with Crippen LogP contribution >= 0.6 is 11.6 Å². The number of halogens is 1. The van der Waals surface area contributed by atoms with Gasteiger partial charge in [-0.3, -0.25) is 0 Å². The highest BCUT2D eigenvalue weighted by Crippen LogP contribution is 2.20. The molecule has 1 rings (SSSR count). The first kappa shape index (κ1) is 11.6. The first-order chi connectivity index (χ1) is 7.13. The van der Waals surface area contributed by atoms with Crippen LogP contribution in [0.1, 0.15) is 12.5 Å². The molecule has 0 aliphatic heterocycles. The third-order valence-corrected chi connectivity index (χ3v) is 2.05. The van der Waals surface area contributed by atoms with Crippen LogP contribution in [0, 0.1) is 0 Å². The van der Waals surface area contributed by atoms with Gasteiger partial charge in [0.2, 0.25) is 0 Å². The number of hydrogen-bond acceptors (Lipinski definition) is 3. The second-order valence-corrected chi connectivity index (χ2v) is 3.27. The van der Waals surface area contributed by atoms with Crippen molar-refractivity contribution in [2.45, 2.75) is 6.92 Å². The van der Waals surface area contributed by atoms with Gasteiger partial charge in [-0.05, 0) is 30.7 Å². The predicted octanol–water partition coefficient (Wildman–Crippen LogP) is 2.50. The zero-order valence-electron chi connectivity index (χ0n) is 8.37. The van der Waals surface area contributed by atoms with E-state index >= 15 is 0 Å². The summed E-state index contributed by atoms with van der Waals surface area (Å²) in [6.07, 6.45) is 2.98. The van der Waals surface area contributed by atoms with Crippen LogP contribution in [0.5, 0.6) is 0 Å². The quantitative estimate of drug-likeness (QED) is 0.489. The number of hydrogen-bond donors (Lipinski definition) is 1. The Bertz CT molecular complexity index is 388. The van der Waals surface area contributed by atoms with Crippen LogP contribution < -0.4 is 5.73 Å². The average molecular weight is 226 g/mol. The summed E-state index contributed by atoms with van der Waals surface area (Å²) in [5.74, 6) is -0.370. The Hall–Kier alpha value is -1.48. The van der Waals surface area contributed by atoms with Gasteiger partial charge in [-0.25, -0.2) is 4.79 Å². The van der Waals surface area contributed by atoms with E-state index in [-0.39, 0.29) is 5.97 Å². The number of benzene rings is 1. The molecule has 0 spiro atoms. The topological polar surface area (TPSA) is 52.3 Å². The minimum atomic E-state index is -0.370. The molecule has 15 heavy (non-hydrogen) atoms. The third-order valence-electron chi connectivity index (χ3n) is 1.72. The molecule has 4 heteroatoms. The first-order valence-corrected chi connectivity index (χ1v) is 4.91. The summed E-state index contributed by atoms with van der Waals surface area (Å²) in [7, 11) is 0. The van der Waals surface area contributed by atoms with Gasteiger partial charge in [0.15, 0.2) is 0 Å². The second-order valence-electron chi connectivity index (χ2n) is 2.87. The molecule has 3 nitrogen and oxygen atoms in total. The molecular weight excluding hydrogens is 214 g/mol. The van der Waals surface area contributed by atoms with E-state index < -0.39 is 0 Å². The van der Waals surface area contributed by atoms with Crippen LogP contribution in [0.2, 0.25) is 5.02 Å². The molecule has 1 aromatic rings. The van der Waals surface area contributed by atoms with Crippen LogP contribution in [0.15, 0.2) is 24.3 Å². The molecule has 0 amide bonds. The van der Waals surface area contributed by atoms with Crippen molar-refractivity contribution in [3.8, 4) is 0 Å². The third kappa shape index (κ3) is 3.64. The van der Waals surface area contributed by atoms with E-state index in [1.54, 1.807) is 31.2 Å². The molecule has 0 aliphatic carbocycles. The van der Waals surface area contributed by atoms with Gasteiger partial charge < -0.3 is 10.5 Å². The summed E-state index contributed by atoms with van der Waals surface area (Å²) < 4.78 is 4.73. The molecule has 0 fully saturated rings. The van der Waals surface area contributed by atoms with Crippen LogP contribution in [0.25, 0.3) is 6.08 Å². The maximum atomic E-state index is 11.0. The smallest absolute Gasteiger partial charge is 0.330 e. The molecule has 0 unspecified atom stereocenters. The molecule has 0 radical (unpaired) electrons. The Kier molecular flexibility index (Phi) is 4.18. The summed E-state index contributed by atoms with van der Waals surface area (Å²) in [4.78, 5) is 11.0. The van der Waals surface area contributed by atoms with Gasteiger partial charge in [-0.2, -0.15) is 0 Å². The zero-order valence-corrected chi connectivity index (χ0v) is 9.12. The van der Waals surface area contributed by atoms with Crippen molar-refractivity contribution >= 4 is 29.3 Å². The molecule has 0 aliphatic rings. The summed E-state index contributed by atoms with van der Waals surface area (Å²) in [6.45, 7) is 2.12. The Morgan fingerprint density at radius 3 is 2.93 bits per heavy atom. The van der Waals surface area contributed by atoms with Crippen LogP contribution in [0.4, 0.5) is 5.69 Å². The zero-order chi connectivity index (χ0) is 11.3. The molecule has 0 saturated carbocycles. The van der Waals surface area contributed by atoms with E-state index in [4.69, 9.17) is 22.1 Å². The van der Waals surface area contributed by atoms with Crippen molar-refractivity contribution in [3.05, 3.63) is 34.9 Å². The SMILES string of the molecule is CCOC(=O)/C=C/c1ccc(N)c(Cl)c1. The van der Waals surface area contributed by atoms with E-state index in [9.17, 15) is 4.79 Å². The largest absolute Gasteiger partial charge is 0.463 e. The molecular formula is C11H12ClNO2. The molecule has 0 aromatic heterocycles. The second kappa shape index (κ2) is 5.41. The Labute approximate surface area is 93.5 Å². The molecule has 2 N–H and O–H groups in total. The highest BCUT2D eigenvalue weighted by atomic mass is 35.5. The Balaban J connectivity index is 2.72. The highest BCUT2D eigenvalue weighted by Gasteiger charge is 1.97. The lowest BCUT2D eigenvalue weighted by Crippen LogP contribution is -1.98. The Morgan fingerprint density at radius 1 is 1.60 bits per heavy atom. The summed E-state index contributed by atoms with van der Waals surface area (Å²) in [6, 6.07) is 5.15. The number of anilines is 1. The van der Waals surface area contributed by atoms with Gasteiger partial charge in [0.1, 0.15) is 0 Å². The van der Waals surface area contributed by atoms with Crippen molar-refractivity contribution in [3.63, 3.8) is 0 Å². The maximum absolute atomic E-state index is 11.0. The fourth-order valence-electron chi connectivity index (χ4n) is 1.00. The van der Waals surface area contributed by atoms with Crippen molar-refractivity contribution in [2.24, 2.45) is 0 Å². The number of nitrogens with two attached hydrogens (primary N) is 1. The lowest BCUT2D eigenvalue weighted by atomic mass is 10.2. The fraction of sp³-hybridized carbons (Fsp3) is 0.182. The molecule has 0 atom stereocenters. The molecule has 0 saturated heterocycles. The normalized spacial score (nSPS) is 10.5. The minimum Gasteiger partial charge on any atom is -0.463 e. The van der Waals surface area contributed by atoms with Crippen molar-refractivity contribution in [2.75, 3.05) is 12.3 Å². The standard InChI is InChI=1S/C11H12ClNO2/c1-2-15-11(14)6-4-8-3-5-10(13)9(12)7-8/h3-7H,2,13H2,1H3/b6-4+. The number of rotatable bonds is 3. The van der Waals surface area contributed by atoms with Crippen molar-refractivity contribution < 1.29 is 9.53 Å². The van der Waals surface area contributed by atoms with Gasteiger partial charge >= 0.3 is 5.97 Å². The Morgan fingerprint density at radius 2 is 2.33 bits per heavy atom. The van der Waals surface area contributed by atoms with E-state index in [0.29, 0.717) is 17.3 Å². The van der Waals surface area contributed by atoms with Crippen LogP contribution in [-0.4, -0.2) is 12.6 Å². The first-order valence-electron chi connectivity index (χ1n) is 4.53. The van der Waals surface area contributed by atoms with Gasteiger partial charge in [-0.1, -0.05) is 17.7 Å². The average Bonchev–Trinajstić information content (AvgIpc) is 2.20.